The number of azo groups is 1. The summed E-state index contributed by atoms with van der Waals surface area (Å²) in [5.74, 6) is 0. The molecule has 0 atom stereocenters. The number of hydrogen-bond donors (Lipinski definition) is 2. The van der Waals surface area contributed by atoms with Gasteiger partial charge in [-0.2, -0.15) is 27.1 Å². The predicted molar refractivity (Wildman–Crippen MR) is 94.2 cm³/mol. The first-order valence-electron chi connectivity index (χ1n) is 7.15. The molecule has 10 heteroatoms. The first-order valence-corrected chi connectivity index (χ1v) is 10.0. The topological polar surface area (TPSA) is 133 Å². The summed E-state index contributed by atoms with van der Waals surface area (Å²) in [4.78, 5) is -1.04. The van der Waals surface area contributed by atoms with Gasteiger partial charge in [0.25, 0.3) is 20.2 Å². The lowest BCUT2D eigenvalue weighted by Crippen LogP contribution is -2.03. The van der Waals surface area contributed by atoms with Gasteiger partial charge in [0.1, 0.15) is 9.79 Å². The maximum absolute atomic E-state index is 11.7. The van der Waals surface area contributed by atoms with Crippen molar-refractivity contribution in [3.05, 3.63) is 60.7 Å². The molecule has 2 N–H and O–H groups in total. The van der Waals surface area contributed by atoms with E-state index < -0.39 is 30.0 Å². The molecule has 0 aliphatic heterocycles. The van der Waals surface area contributed by atoms with Crippen LogP contribution in [-0.4, -0.2) is 25.9 Å². The lowest BCUT2D eigenvalue weighted by molar-refractivity contribution is 0.481. The molecule has 0 bridgehead atoms. The van der Waals surface area contributed by atoms with Crippen LogP contribution in [0.15, 0.2) is 80.7 Å². The van der Waals surface area contributed by atoms with Gasteiger partial charge in [0.05, 0.1) is 11.4 Å². The summed E-state index contributed by atoms with van der Waals surface area (Å²) >= 11 is 0. The third-order valence-electron chi connectivity index (χ3n) is 3.50. The standard InChI is InChI=1S/C16H12N2O6S2/c19-25(20,21)15-8-4-7-13-14(15)9-12(10-16(13)26(22,23)24)18-17-11-5-2-1-3-6-11/h1-10H,(H,19,20,21)(H,22,23,24). The summed E-state index contributed by atoms with van der Waals surface area (Å²) in [6.45, 7) is 0. The molecule has 3 aromatic carbocycles. The molecule has 0 spiro atoms. The molecule has 3 aromatic rings. The van der Waals surface area contributed by atoms with E-state index in [0.717, 1.165) is 12.1 Å². The highest BCUT2D eigenvalue weighted by atomic mass is 32.2. The molecule has 0 radical (unpaired) electrons. The van der Waals surface area contributed by atoms with Crippen LogP contribution in [0.1, 0.15) is 0 Å². The Morgan fingerprint density at radius 1 is 0.615 bits per heavy atom. The predicted octanol–water partition coefficient (Wildman–Crippen LogP) is 3.75. The molecule has 0 amide bonds. The van der Waals surface area contributed by atoms with Crippen molar-refractivity contribution in [2.75, 3.05) is 0 Å². The lowest BCUT2D eigenvalue weighted by atomic mass is 10.1. The third-order valence-corrected chi connectivity index (χ3v) is 5.30. The minimum atomic E-state index is -4.68. The zero-order valence-corrected chi connectivity index (χ0v) is 14.6. The van der Waals surface area contributed by atoms with Gasteiger partial charge in [0, 0.05) is 10.8 Å². The zero-order chi connectivity index (χ0) is 18.9. The van der Waals surface area contributed by atoms with Crippen molar-refractivity contribution in [2.24, 2.45) is 10.2 Å². The van der Waals surface area contributed by atoms with Crippen LogP contribution in [0.3, 0.4) is 0 Å². The SMILES string of the molecule is O=S(=O)(O)c1cc(N=Nc2ccccc2)cc2c(S(=O)(=O)O)cccc12. The van der Waals surface area contributed by atoms with Crippen molar-refractivity contribution in [1.29, 1.82) is 0 Å². The van der Waals surface area contributed by atoms with E-state index >= 15 is 0 Å². The van der Waals surface area contributed by atoms with Gasteiger partial charge in [0.2, 0.25) is 0 Å². The van der Waals surface area contributed by atoms with E-state index in [4.69, 9.17) is 0 Å². The highest BCUT2D eigenvalue weighted by Gasteiger charge is 2.21. The van der Waals surface area contributed by atoms with Gasteiger partial charge in [-0.15, -0.1) is 0 Å². The molecule has 0 fully saturated rings. The van der Waals surface area contributed by atoms with Crippen molar-refractivity contribution in [3.63, 3.8) is 0 Å². The molecule has 134 valence electrons. The molecule has 3 rings (SSSR count). The van der Waals surface area contributed by atoms with E-state index in [1.807, 2.05) is 0 Å². The molecular weight excluding hydrogens is 380 g/mol. The van der Waals surface area contributed by atoms with Crippen LogP contribution in [0.4, 0.5) is 11.4 Å². The molecule has 0 saturated carbocycles. The van der Waals surface area contributed by atoms with Gasteiger partial charge < -0.3 is 0 Å². The van der Waals surface area contributed by atoms with Crippen molar-refractivity contribution < 1.29 is 25.9 Å². The summed E-state index contributed by atoms with van der Waals surface area (Å²) in [7, 11) is -9.30. The van der Waals surface area contributed by atoms with E-state index in [0.29, 0.717) is 5.69 Å². The molecule has 0 aliphatic rings. The third kappa shape index (κ3) is 3.78. The summed E-state index contributed by atoms with van der Waals surface area (Å²) in [5.41, 5.74) is 0.481. The Morgan fingerprint density at radius 2 is 1.23 bits per heavy atom. The fourth-order valence-electron chi connectivity index (χ4n) is 2.42. The summed E-state index contributed by atoms with van der Waals surface area (Å²) in [6.07, 6.45) is 0. The van der Waals surface area contributed by atoms with Crippen LogP contribution in [0.25, 0.3) is 10.8 Å². The van der Waals surface area contributed by atoms with Crippen LogP contribution in [-0.2, 0) is 20.2 Å². The number of rotatable bonds is 4. The largest absolute Gasteiger partial charge is 0.295 e. The van der Waals surface area contributed by atoms with E-state index in [9.17, 15) is 25.9 Å². The average molecular weight is 392 g/mol. The monoisotopic (exact) mass is 392 g/mol. The van der Waals surface area contributed by atoms with Crippen molar-refractivity contribution in [2.45, 2.75) is 9.79 Å². The fraction of sp³-hybridized carbons (Fsp3) is 0. The lowest BCUT2D eigenvalue weighted by Gasteiger charge is -2.08. The number of benzene rings is 3. The summed E-state index contributed by atoms with van der Waals surface area (Å²) in [5, 5.41) is 7.66. The molecule has 8 nitrogen and oxygen atoms in total. The maximum Gasteiger partial charge on any atom is 0.295 e. The molecule has 0 saturated heterocycles. The molecule has 0 unspecified atom stereocenters. The number of nitrogens with zero attached hydrogens (tertiary/aromatic N) is 2. The minimum Gasteiger partial charge on any atom is -0.282 e. The van der Waals surface area contributed by atoms with Gasteiger partial charge in [-0.1, -0.05) is 30.3 Å². The van der Waals surface area contributed by atoms with Crippen LogP contribution in [0.2, 0.25) is 0 Å². The second-order valence-electron chi connectivity index (χ2n) is 5.28. The van der Waals surface area contributed by atoms with Crippen LogP contribution < -0.4 is 0 Å². The average Bonchev–Trinajstić information content (AvgIpc) is 2.58. The Bertz CT molecular complexity index is 1220. The van der Waals surface area contributed by atoms with E-state index in [1.54, 1.807) is 30.3 Å². The minimum absolute atomic E-state index is 0.00919. The molecule has 0 aliphatic carbocycles. The van der Waals surface area contributed by atoms with Crippen LogP contribution in [0.5, 0.6) is 0 Å². The summed E-state index contributed by atoms with van der Waals surface area (Å²) in [6, 6.07) is 14.6. The maximum atomic E-state index is 11.7. The van der Waals surface area contributed by atoms with E-state index in [-0.39, 0.29) is 16.5 Å². The van der Waals surface area contributed by atoms with Crippen LogP contribution in [0, 0.1) is 0 Å². The molecule has 26 heavy (non-hydrogen) atoms. The quantitative estimate of drug-likeness (QED) is 0.513. The van der Waals surface area contributed by atoms with Crippen molar-refractivity contribution in [3.8, 4) is 0 Å². The Morgan fingerprint density at radius 3 is 1.85 bits per heavy atom. The normalized spacial score (nSPS) is 12.7. The first-order chi connectivity index (χ1) is 12.2. The molecular formula is C16H12N2O6S2. The van der Waals surface area contributed by atoms with Gasteiger partial charge in [-0.05, 0) is 30.3 Å². The molecule has 0 heterocycles. The zero-order valence-electron chi connectivity index (χ0n) is 13.0. The Kier molecular flexibility index (Phi) is 4.59. The van der Waals surface area contributed by atoms with E-state index in [2.05, 4.69) is 10.2 Å². The Balaban J connectivity index is 2.30. The van der Waals surface area contributed by atoms with E-state index in [1.165, 1.54) is 18.2 Å². The Hall–Kier alpha value is -2.66. The second-order valence-corrected chi connectivity index (χ2v) is 8.06. The number of fused-ring (bicyclic) bond motifs is 1. The van der Waals surface area contributed by atoms with Gasteiger partial charge in [-0.3, -0.25) is 9.11 Å². The highest BCUT2D eigenvalue weighted by molar-refractivity contribution is 7.86. The number of hydrogen-bond acceptors (Lipinski definition) is 6. The molecule has 0 aromatic heterocycles. The fourth-order valence-corrected chi connectivity index (χ4v) is 3.84. The summed E-state index contributed by atoms with van der Waals surface area (Å²) < 4.78 is 65.5. The first kappa shape index (κ1) is 18.1. The van der Waals surface area contributed by atoms with Crippen molar-refractivity contribution in [1.82, 2.24) is 0 Å². The van der Waals surface area contributed by atoms with Gasteiger partial charge >= 0.3 is 0 Å². The van der Waals surface area contributed by atoms with Crippen molar-refractivity contribution >= 4 is 42.4 Å². The highest BCUT2D eigenvalue weighted by Crippen LogP contribution is 2.33. The van der Waals surface area contributed by atoms with Crippen LogP contribution >= 0.6 is 0 Å². The van der Waals surface area contributed by atoms with Gasteiger partial charge in [0.15, 0.2) is 0 Å². The Labute approximate surface area is 149 Å². The second kappa shape index (κ2) is 6.57. The smallest absolute Gasteiger partial charge is 0.282 e. The van der Waals surface area contributed by atoms with Gasteiger partial charge in [-0.25, -0.2) is 0 Å².